The van der Waals surface area contributed by atoms with Crippen LogP contribution in [-0.4, -0.2) is 66.8 Å². The van der Waals surface area contributed by atoms with Crippen LogP contribution in [0.5, 0.6) is 5.75 Å². The monoisotopic (exact) mass is 278 g/mol. The van der Waals surface area contributed by atoms with Gasteiger partial charge in [0.15, 0.2) is 6.61 Å². The van der Waals surface area contributed by atoms with Crippen LogP contribution >= 0.6 is 0 Å². The molecule has 0 aliphatic carbocycles. The molecule has 2 rings (SSSR count). The number of amides is 1. The number of carbonyl (C=O) groups excluding carboxylic acids is 1. The Bertz CT molecular complexity index is 411. The lowest BCUT2D eigenvalue weighted by atomic mass is 10.3. The molecular weight excluding hydrogens is 256 g/mol. The van der Waals surface area contributed by atoms with Gasteiger partial charge in [0.2, 0.25) is 0 Å². The third-order valence-corrected chi connectivity index (χ3v) is 3.46. The molecule has 1 saturated heterocycles. The molecule has 5 nitrogen and oxygen atoms in total. The molecule has 20 heavy (non-hydrogen) atoms. The van der Waals surface area contributed by atoms with Crippen molar-refractivity contribution in [3.8, 4) is 5.75 Å². The molecule has 0 radical (unpaired) electrons. The standard InChI is InChI=1S/C15H22N2O3/c18-12-11-16-7-4-8-17(10-9-16)15(19)13-20-14-5-2-1-3-6-14/h1-3,5-6,18H,4,7-13H2. The van der Waals surface area contributed by atoms with Gasteiger partial charge in [0, 0.05) is 26.2 Å². The number of nitrogens with zero attached hydrogens (tertiary/aromatic N) is 2. The number of carbonyl (C=O) groups is 1. The van der Waals surface area contributed by atoms with Crippen molar-refractivity contribution in [1.82, 2.24) is 9.80 Å². The van der Waals surface area contributed by atoms with Crippen LogP contribution in [0.2, 0.25) is 0 Å². The van der Waals surface area contributed by atoms with E-state index in [1.54, 1.807) is 0 Å². The maximum Gasteiger partial charge on any atom is 0.260 e. The number of aliphatic hydroxyl groups is 1. The number of benzene rings is 1. The Kier molecular flexibility index (Phi) is 5.83. The quantitative estimate of drug-likeness (QED) is 0.856. The van der Waals surface area contributed by atoms with E-state index >= 15 is 0 Å². The maximum absolute atomic E-state index is 12.1. The van der Waals surface area contributed by atoms with Gasteiger partial charge in [-0.15, -0.1) is 0 Å². The van der Waals surface area contributed by atoms with E-state index in [0.717, 1.165) is 31.8 Å². The van der Waals surface area contributed by atoms with Gasteiger partial charge < -0.3 is 14.7 Å². The van der Waals surface area contributed by atoms with Crippen LogP contribution in [0.1, 0.15) is 6.42 Å². The van der Waals surface area contributed by atoms with E-state index in [1.807, 2.05) is 35.2 Å². The van der Waals surface area contributed by atoms with E-state index in [0.29, 0.717) is 13.1 Å². The average Bonchev–Trinajstić information content (AvgIpc) is 2.72. The first-order chi connectivity index (χ1) is 9.79. The molecule has 1 aliphatic rings. The zero-order valence-corrected chi connectivity index (χ0v) is 11.7. The van der Waals surface area contributed by atoms with E-state index < -0.39 is 0 Å². The van der Waals surface area contributed by atoms with Crippen molar-refractivity contribution in [2.24, 2.45) is 0 Å². The summed E-state index contributed by atoms with van der Waals surface area (Å²) in [5, 5.41) is 8.95. The first-order valence-corrected chi connectivity index (χ1v) is 7.08. The van der Waals surface area contributed by atoms with Crippen LogP contribution in [0.3, 0.4) is 0 Å². The Morgan fingerprint density at radius 3 is 2.70 bits per heavy atom. The molecule has 1 aromatic rings. The van der Waals surface area contributed by atoms with E-state index in [1.165, 1.54) is 0 Å². The molecule has 0 spiro atoms. The smallest absolute Gasteiger partial charge is 0.260 e. The second-order valence-electron chi connectivity index (χ2n) is 4.90. The molecule has 1 amide bonds. The van der Waals surface area contributed by atoms with Gasteiger partial charge in [-0.25, -0.2) is 0 Å². The number of rotatable bonds is 5. The van der Waals surface area contributed by atoms with Crippen LogP contribution < -0.4 is 4.74 Å². The number of β-amino-alcohol motifs (C(OH)–C–C–N with tert-alkyl or cyclic N) is 1. The fourth-order valence-electron chi connectivity index (χ4n) is 2.34. The minimum atomic E-state index is 0.0275. The summed E-state index contributed by atoms with van der Waals surface area (Å²) in [6.07, 6.45) is 0.942. The fourth-order valence-corrected chi connectivity index (χ4v) is 2.34. The zero-order valence-electron chi connectivity index (χ0n) is 11.7. The maximum atomic E-state index is 12.1. The van der Waals surface area contributed by atoms with Crippen LogP contribution in [0, 0.1) is 0 Å². The van der Waals surface area contributed by atoms with Crippen molar-refractivity contribution in [3.63, 3.8) is 0 Å². The van der Waals surface area contributed by atoms with Gasteiger partial charge >= 0.3 is 0 Å². The normalized spacial score (nSPS) is 16.8. The molecule has 0 atom stereocenters. The SMILES string of the molecule is O=C(COc1ccccc1)N1CCCN(CCO)CC1. The summed E-state index contributed by atoms with van der Waals surface area (Å²) >= 11 is 0. The molecule has 1 aliphatic heterocycles. The molecular formula is C15H22N2O3. The lowest BCUT2D eigenvalue weighted by Crippen LogP contribution is -2.38. The second-order valence-corrected chi connectivity index (χ2v) is 4.90. The highest BCUT2D eigenvalue weighted by atomic mass is 16.5. The highest BCUT2D eigenvalue weighted by Gasteiger charge is 2.19. The number of para-hydroxylation sites is 1. The van der Waals surface area contributed by atoms with E-state index in [9.17, 15) is 4.79 Å². The Hall–Kier alpha value is -1.59. The minimum Gasteiger partial charge on any atom is -0.484 e. The van der Waals surface area contributed by atoms with Crippen molar-refractivity contribution >= 4 is 5.91 Å². The number of ether oxygens (including phenoxy) is 1. The highest BCUT2D eigenvalue weighted by Crippen LogP contribution is 2.09. The largest absolute Gasteiger partial charge is 0.484 e. The second kappa shape index (κ2) is 7.87. The topological polar surface area (TPSA) is 53.0 Å². The first kappa shape index (κ1) is 14.8. The van der Waals surface area contributed by atoms with Gasteiger partial charge in [0.25, 0.3) is 5.91 Å². The number of hydrogen-bond acceptors (Lipinski definition) is 4. The number of hydrogen-bond donors (Lipinski definition) is 1. The Labute approximate surface area is 119 Å². The van der Waals surface area contributed by atoms with Crippen LogP contribution in [0.15, 0.2) is 30.3 Å². The molecule has 0 bridgehead atoms. The van der Waals surface area contributed by atoms with Crippen LogP contribution in [0.25, 0.3) is 0 Å². The van der Waals surface area contributed by atoms with E-state index in [2.05, 4.69) is 4.90 Å². The van der Waals surface area contributed by atoms with Gasteiger partial charge in [-0.3, -0.25) is 9.69 Å². The van der Waals surface area contributed by atoms with Crippen LogP contribution in [0.4, 0.5) is 0 Å². The predicted octanol–water partition coefficient (Wildman–Crippen LogP) is 0.592. The summed E-state index contributed by atoms with van der Waals surface area (Å²) in [7, 11) is 0. The molecule has 0 unspecified atom stereocenters. The Balaban J connectivity index is 1.77. The van der Waals surface area contributed by atoms with E-state index in [-0.39, 0.29) is 19.1 Å². The van der Waals surface area contributed by atoms with Crippen molar-refractivity contribution in [3.05, 3.63) is 30.3 Å². The lowest BCUT2D eigenvalue weighted by molar-refractivity contribution is -0.133. The van der Waals surface area contributed by atoms with Crippen molar-refractivity contribution in [2.45, 2.75) is 6.42 Å². The molecule has 0 aromatic heterocycles. The van der Waals surface area contributed by atoms with Gasteiger partial charge in [-0.1, -0.05) is 18.2 Å². The highest BCUT2D eigenvalue weighted by molar-refractivity contribution is 5.77. The summed E-state index contributed by atoms with van der Waals surface area (Å²) in [4.78, 5) is 16.2. The Morgan fingerprint density at radius 1 is 1.15 bits per heavy atom. The summed E-state index contributed by atoms with van der Waals surface area (Å²) in [6, 6.07) is 9.38. The van der Waals surface area contributed by atoms with Crippen molar-refractivity contribution < 1.29 is 14.6 Å². The molecule has 1 heterocycles. The third kappa shape index (κ3) is 4.51. The average molecular weight is 278 g/mol. The molecule has 0 saturated carbocycles. The fraction of sp³-hybridized carbons (Fsp3) is 0.533. The van der Waals surface area contributed by atoms with Gasteiger partial charge in [-0.2, -0.15) is 0 Å². The lowest BCUT2D eigenvalue weighted by Gasteiger charge is -2.21. The van der Waals surface area contributed by atoms with Gasteiger partial charge in [0.1, 0.15) is 5.75 Å². The molecule has 1 fully saturated rings. The zero-order chi connectivity index (χ0) is 14.2. The molecule has 1 aromatic carbocycles. The van der Waals surface area contributed by atoms with E-state index in [4.69, 9.17) is 9.84 Å². The van der Waals surface area contributed by atoms with Crippen molar-refractivity contribution in [1.29, 1.82) is 0 Å². The number of aliphatic hydroxyl groups excluding tert-OH is 1. The predicted molar refractivity (Wildman–Crippen MR) is 76.7 cm³/mol. The summed E-state index contributed by atoms with van der Waals surface area (Å²) in [5.41, 5.74) is 0. The minimum absolute atomic E-state index is 0.0275. The summed E-state index contributed by atoms with van der Waals surface area (Å²) in [5.74, 6) is 0.747. The molecule has 1 N–H and O–H groups in total. The summed E-state index contributed by atoms with van der Waals surface area (Å²) < 4.78 is 5.49. The van der Waals surface area contributed by atoms with Gasteiger partial charge in [0.05, 0.1) is 6.61 Å². The van der Waals surface area contributed by atoms with Crippen LogP contribution in [-0.2, 0) is 4.79 Å². The third-order valence-electron chi connectivity index (χ3n) is 3.46. The Morgan fingerprint density at radius 2 is 1.95 bits per heavy atom. The summed E-state index contributed by atoms with van der Waals surface area (Å²) in [6.45, 7) is 4.16. The molecule has 5 heteroatoms. The van der Waals surface area contributed by atoms with Crippen molar-refractivity contribution in [2.75, 3.05) is 45.9 Å². The molecule has 110 valence electrons. The first-order valence-electron chi connectivity index (χ1n) is 7.08. The van der Waals surface area contributed by atoms with Gasteiger partial charge in [-0.05, 0) is 25.1 Å².